The van der Waals surface area contributed by atoms with Crippen LogP contribution >= 0.6 is 0 Å². The Bertz CT molecular complexity index is 1340. The van der Waals surface area contributed by atoms with Crippen LogP contribution in [0.5, 0.6) is 0 Å². The summed E-state index contributed by atoms with van der Waals surface area (Å²) >= 11 is 0. The molecule has 0 radical (unpaired) electrons. The van der Waals surface area contributed by atoms with E-state index in [0.717, 1.165) is 21.4 Å². The number of carboxylic acid groups (broad SMARTS) is 1. The highest BCUT2D eigenvalue weighted by Crippen LogP contribution is 2.44. The third-order valence-electron chi connectivity index (χ3n) is 7.19. The molecule has 3 atom stereocenters. The van der Waals surface area contributed by atoms with E-state index in [1.807, 2.05) is 0 Å². The van der Waals surface area contributed by atoms with E-state index in [0.29, 0.717) is 44.8 Å². The van der Waals surface area contributed by atoms with Gasteiger partial charge in [0.25, 0.3) is 10.0 Å². The van der Waals surface area contributed by atoms with Crippen molar-refractivity contribution in [2.75, 3.05) is 6.61 Å². The van der Waals surface area contributed by atoms with Crippen molar-refractivity contribution in [2.45, 2.75) is 74.8 Å². The van der Waals surface area contributed by atoms with Gasteiger partial charge in [-0.3, -0.25) is 4.90 Å². The molecular formula is C23H26F6N4O5S. The average Bonchev–Trinajstić information content (AvgIpc) is 3.35. The number of nitrogens with zero attached hydrogens (tertiary/aromatic N) is 3. The van der Waals surface area contributed by atoms with E-state index in [-0.39, 0.29) is 18.2 Å². The van der Waals surface area contributed by atoms with Gasteiger partial charge in [-0.1, -0.05) is 0 Å². The number of hydrogen-bond acceptors (Lipinski definition) is 7. The zero-order valence-corrected chi connectivity index (χ0v) is 21.4. The number of fused-ring (bicyclic) bond motifs is 1. The number of benzene rings is 1. The first kappa shape index (κ1) is 29.3. The zero-order chi connectivity index (χ0) is 28.9. The van der Waals surface area contributed by atoms with Gasteiger partial charge in [-0.2, -0.15) is 22.4 Å². The summed E-state index contributed by atoms with van der Waals surface area (Å²) in [5.41, 5.74) is 7.81. The number of alkyl halides is 3. The van der Waals surface area contributed by atoms with Gasteiger partial charge in [0.2, 0.25) is 0 Å². The van der Waals surface area contributed by atoms with E-state index in [1.54, 1.807) is 13.1 Å². The second kappa shape index (κ2) is 10.4. The van der Waals surface area contributed by atoms with Crippen molar-refractivity contribution in [3.63, 3.8) is 0 Å². The number of rotatable bonds is 4. The molecule has 1 saturated heterocycles. The molecule has 1 aromatic carbocycles. The summed E-state index contributed by atoms with van der Waals surface area (Å²) in [6.45, 7) is 3.03. The predicted octanol–water partition coefficient (Wildman–Crippen LogP) is 3.23. The van der Waals surface area contributed by atoms with Crippen LogP contribution in [0.3, 0.4) is 0 Å². The number of aliphatic carboxylic acids is 1. The molecule has 3 aliphatic rings. The number of hydrogen-bond donors (Lipinski definition) is 2. The quantitative estimate of drug-likeness (QED) is 0.414. The van der Waals surface area contributed by atoms with Crippen LogP contribution in [0.15, 0.2) is 18.3 Å². The van der Waals surface area contributed by atoms with E-state index in [2.05, 4.69) is 10.00 Å². The molecule has 3 heterocycles. The molecule has 2 fully saturated rings. The monoisotopic (exact) mass is 584 g/mol. The maximum absolute atomic E-state index is 14.3. The van der Waals surface area contributed by atoms with Crippen LogP contribution in [0, 0.1) is 17.5 Å². The number of halogens is 6. The van der Waals surface area contributed by atoms with Crippen LogP contribution in [0.4, 0.5) is 26.3 Å². The van der Waals surface area contributed by atoms with Crippen LogP contribution in [-0.4, -0.2) is 63.2 Å². The molecule has 2 aliphatic heterocycles. The summed E-state index contributed by atoms with van der Waals surface area (Å²) in [7, 11) is -3.49. The van der Waals surface area contributed by atoms with Gasteiger partial charge < -0.3 is 15.6 Å². The molecule has 0 unspecified atom stereocenters. The van der Waals surface area contributed by atoms with Crippen molar-refractivity contribution >= 4 is 16.0 Å². The van der Waals surface area contributed by atoms with Crippen molar-refractivity contribution in [2.24, 2.45) is 5.73 Å². The van der Waals surface area contributed by atoms with Gasteiger partial charge in [-0.15, -0.1) is 0 Å². The first-order chi connectivity index (χ1) is 18.0. The second-order valence-electron chi connectivity index (χ2n) is 10.1. The topological polar surface area (TPSA) is 128 Å². The minimum absolute atomic E-state index is 0.00330. The molecule has 216 valence electrons. The van der Waals surface area contributed by atoms with E-state index in [4.69, 9.17) is 20.4 Å². The third-order valence-corrected chi connectivity index (χ3v) is 9.53. The van der Waals surface area contributed by atoms with Crippen molar-refractivity contribution in [1.82, 2.24) is 14.1 Å². The third kappa shape index (κ3) is 5.93. The van der Waals surface area contributed by atoms with Crippen LogP contribution in [0.25, 0.3) is 0 Å². The molecule has 1 aliphatic carbocycles. The fourth-order valence-corrected chi connectivity index (χ4v) is 6.15. The van der Waals surface area contributed by atoms with E-state index in [1.165, 1.54) is 0 Å². The number of aromatic nitrogens is 2. The highest BCUT2D eigenvalue weighted by molar-refractivity contribution is 7.91. The van der Waals surface area contributed by atoms with Crippen LogP contribution in [0.1, 0.15) is 55.5 Å². The standard InChI is InChI=1S/C21H25F3N4O3S.C2HF3O2/c1-21(3-4-21)32(29,30)28-10-12-9-27(11-19(12)26-28)13-2-5-31-20(18(25)6-13)14-7-16(23)17(24)8-15(14)22;3-2(4,5)1(6)7/h7-8,10,13,18,20H,2-6,9,11,25H2,1H3;(H,6,7)/t13-,18-,20+;/m0./s1. The molecule has 16 heteroatoms. The van der Waals surface area contributed by atoms with Crippen molar-refractivity contribution < 1.29 is 49.4 Å². The van der Waals surface area contributed by atoms with E-state index >= 15 is 0 Å². The molecule has 0 amide bonds. The van der Waals surface area contributed by atoms with Gasteiger partial charge in [-0.05, 0) is 38.7 Å². The lowest BCUT2D eigenvalue weighted by Crippen LogP contribution is -2.38. The molecule has 1 aromatic heterocycles. The van der Waals surface area contributed by atoms with Crippen LogP contribution in [0.2, 0.25) is 0 Å². The molecule has 9 nitrogen and oxygen atoms in total. The second-order valence-corrected chi connectivity index (χ2v) is 12.4. The van der Waals surface area contributed by atoms with Crippen LogP contribution < -0.4 is 5.73 Å². The summed E-state index contributed by atoms with van der Waals surface area (Å²) in [6, 6.07) is 0.704. The number of nitrogens with two attached hydrogens (primary N) is 1. The van der Waals surface area contributed by atoms with Crippen molar-refractivity contribution in [3.05, 3.63) is 52.6 Å². The summed E-state index contributed by atoms with van der Waals surface area (Å²) in [5.74, 6) is -6.04. The Morgan fingerprint density at radius 1 is 1.15 bits per heavy atom. The Labute approximate surface area is 219 Å². The first-order valence-corrected chi connectivity index (χ1v) is 13.4. The smallest absolute Gasteiger partial charge is 0.475 e. The fourth-order valence-electron chi connectivity index (χ4n) is 4.61. The van der Waals surface area contributed by atoms with E-state index < -0.39 is 56.5 Å². The van der Waals surface area contributed by atoms with Gasteiger partial charge >= 0.3 is 12.1 Å². The molecule has 0 bridgehead atoms. The molecule has 2 aromatic rings. The highest BCUT2D eigenvalue weighted by Gasteiger charge is 2.52. The lowest BCUT2D eigenvalue weighted by Gasteiger charge is -2.28. The zero-order valence-electron chi connectivity index (χ0n) is 20.6. The van der Waals surface area contributed by atoms with Crippen LogP contribution in [-0.2, 0) is 32.6 Å². The molecule has 5 rings (SSSR count). The molecular weight excluding hydrogens is 558 g/mol. The predicted molar refractivity (Wildman–Crippen MR) is 123 cm³/mol. The molecule has 39 heavy (non-hydrogen) atoms. The van der Waals surface area contributed by atoms with Crippen molar-refractivity contribution in [3.8, 4) is 0 Å². The Balaban J connectivity index is 0.000000448. The van der Waals surface area contributed by atoms with Gasteiger partial charge in [0.15, 0.2) is 11.6 Å². The summed E-state index contributed by atoms with van der Waals surface area (Å²) in [6.07, 6.45) is -1.99. The molecule has 0 spiro atoms. The molecule has 3 N–H and O–H groups in total. The Hall–Kier alpha value is -2.69. The minimum atomic E-state index is -5.08. The highest BCUT2D eigenvalue weighted by atomic mass is 32.2. The van der Waals surface area contributed by atoms with E-state index in [9.17, 15) is 34.8 Å². The summed E-state index contributed by atoms with van der Waals surface area (Å²) < 4.78 is 105. The Kier molecular flexibility index (Phi) is 7.79. The number of carbonyl (C=O) groups is 1. The SMILES string of the molecule is CC1(S(=O)(=O)n2cc3c(n2)CN([C@H]2CCO[C@H](c4cc(F)c(F)cc4F)[C@@H](N)C2)C3)CC1.O=C(O)C(F)(F)F. The average molecular weight is 585 g/mol. The maximum Gasteiger partial charge on any atom is 0.490 e. The van der Waals surface area contributed by atoms with Gasteiger partial charge in [0.05, 0.1) is 10.4 Å². The number of ether oxygens (including phenoxy) is 1. The van der Waals surface area contributed by atoms with Gasteiger partial charge in [-0.25, -0.2) is 26.4 Å². The summed E-state index contributed by atoms with van der Waals surface area (Å²) in [4.78, 5) is 11.0. The Morgan fingerprint density at radius 3 is 2.33 bits per heavy atom. The molecule has 1 saturated carbocycles. The normalized spacial score (nSPS) is 24.9. The maximum atomic E-state index is 14.3. The fraction of sp³-hybridized carbons (Fsp3) is 0.565. The summed E-state index contributed by atoms with van der Waals surface area (Å²) in [5, 5.41) is 11.5. The van der Waals surface area contributed by atoms with Crippen molar-refractivity contribution in [1.29, 1.82) is 0 Å². The minimum Gasteiger partial charge on any atom is -0.475 e. The van der Waals surface area contributed by atoms with Gasteiger partial charge in [0, 0.05) is 55.2 Å². The largest absolute Gasteiger partial charge is 0.490 e. The van der Waals surface area contributed by atoms with Gasteiger partial charge in [0.1, 0.15) is 11.9 Å². The first-order valence-electron chi connectivity index (χ1n) is 11.9. The Morgan fingerprint density at radius 2 is 1.77 bits per heavy atom. The lowest BCUT2D eigenvalue weighted by atomic mass is 9.96. The lowest BCUT2D eigenvalue weighted by molar-refractivity contribution is -0.192. The number of carboxylic acids is 1.